The Labute approximate surface area is 314 Å². The molecule has 1 heterocycles. The summed E-state index contributed by atoms with van der Waals surface area (Å²) in [5.41, 5.74) is 19.0. The van der Waals surface area contributed by atoms with Crippen molar-refractivity contribution in [1.82, 2.24) is 0 Å². The van der Waals surface area contributed by atoms with E-state index in [1.54, 1.807) is 20.7 Å². The van der Waals surface area contributed by atoms with Gasteiger partial charge in [0.2, 0.25) is 0 Å². The molecule has 0 N–H and O–H groups in total. The van der Waals surface area contributed by atoms with E-state index in [1.165, 1.54) is 78.1 Å². The van der Waals surface area contributed by atoms with Crippen molar-refractivity contribution in [1.29, 1.82) is 0 Å². The van der Waals surface area contributed by atoms with Gasteiger partial charge in [0.25, 0.3) is 15.5 Å². The van der Waals surface area contributed by atoms with Gasteiger partial charge in [-0.1, -0.05) is 107 Å². The summed E-state index contributed by atoms with van der Waals surface area (Å²) in [5.74, 6) is 0. The molecule has 0 saturated carbocycles. The molecule has 52 heavy (non-hydrogen) atoms. The number of anilines is 2. The molecule has 0 spiro atoms. The van der Waals surface area contributed by atoms with Crippen LogP contribution in [0.15, 0.2) is 109 Å². The van der Waals surface area contributed by atoms with E-state index in [2.05, 4.69) is 202 Å². The molecular formula is C48H54N2Si2. The molecule has 6 aromatic rings. The number of rotatable bonds is 6. The molecule has 0 radical (unpaired) electrons. The predicted octanol–water partition coefficient (Wildman–Crippen LogP) is 9.23. The first-order valence-electron chi connectivity index (χ1n) is 18.8. The summed E-state index contributed by atoms with van der Waals surface area (Å²) in [7, 11) is -6.32. The SMILES string of the molecule is Cc1cc(C)c([Si]2(c3c(C)cc(C)cc3C)N(c3ccccc3)N(c3ccccc3)[Si]2(c2c(C)cc(C)cc2C)c2c(C)cc(C)cc2C)c(C)c1. The van der Waals surface area contributed by atoms with E-state index in [1.807, 2.05) is 0 Å². The number of hydrazine groups is 1. The van der Waals surface area contributed by atoms with Crippen molar-refractivity contribution < 1.29 is 0 Å². The lowest BCUT2D eigenvalue weighted by molar-refractivity contribution is 1.03. The Balaban J connectivity index is 1.90. The zero-order valence-electron chi connectivity index (χ0n) is 33.3. The molecule has 264 valence electrons. The number of hydrogen-bond donors (Lipinski definition) is 0. The van der Waals surface area contributed by atoms with Crippen LogP contribution < -0.4 is 30.1 Å². The van der Waals surface area contributed by atoms with Gasteiger partial charge in [-0.05, 0) is 173 Å². The van der Waals surface area contributed by atoms with Gasteiger partial charge >= 0.3 is 0 Å². The molecule has 0 bridgehead atoms. The molecule has 1 fully saturated rings. The zero-order valence-corrected chi connectivity index (χ0v) is 35.3. The Morgan fingerprint density at radius 2 is 0.481 bits per heavy atom. The second-order valence-electron chi connectivity index (χ2n) is 15.8. The van der Waals surface area contributed by atoms with E-state index in [-0.39, 0.29) is 0 Å². The molecule has 0 amide bonds. The Kier molecular flexibility index (Phi) is 9.00. The standard InChI is InChI=1S/C48H54N2Si2/c1-31-23-35(5)45(36(6)24-31)51(46-37(7)25-32(2)26-38(46)8)49(43-19-15-13-16-20-43)50(44-21-17-14-18-22-44)52(51,47-39(9)27-33(3)28-40(47)10)48-41(11)29-34(4)30-42(48)12/h13-30H,1-12H3. The minimum Gasteiger partial charge on any atom is -0.310 e. The fraction of sp³-hybridized carbons (Fsp3) is 0.250. The van der Waals surface area contributed by atoms with Crippen LogP contribution in [-0.4, -0.2) is 15.5 Å². The summed E-state index contributed by atoms with van der Waals surface area (Å²) in [5, 5.41) is 6.26. The summed E-state index contributed by atoms with van der Waals surface area (Å²) < 4.78 is 5.75. The van der Waals surface area contributed by atoms with Crippen molar-refractivity contribution in [2.24, 2.45) is 0 Å². The predicted molar refractivity (Wildman–Crippen MR) is 230 cm³/mol. The molecule has 0 atom stereocenters. The van der Waals surface area contributed by atoms with E-state index in [0.29, 0.717) is 0 Å². The molecule has 2 nitrogen and oxygen atoms in total. The average Bonchev–Trinajstić information content (AvgIpc) is 3.04. The maximum Gasteiger partial charge on any atom is 0.267 e. The number of hydrogen-bond acceptors (Lipinski definition) is 2. The second-order valence-corrected chi connectivity index (χ2v) is 25.8. The summed E-state index contributed by atoms with van der Waals surface area (Å²) >= 11 is 0. The highest BCUT2D eigenvalue weighted by atomic mass is 29.3. The van der Waals surface area contributed by atoms with Gasteiger partial charge in [0.1, 0.15) is 0 Å². The summed E-state index contributed by atoms with van der Waals surface area (Å²) in [4.78, 5) is 0. The topological polar surface area (TPSA) is 6.48 Å². The van der Waals surface area contributed by atoms with E-state index in [4.69, 9.17) is 0 Å². The van der Waals surface area contributed by atoms with Gasteiger partial charge < -0.3 is 9.35 Å². The summed E-state index contributed by atoms with van der Waals surface area (Å²) in [6.07, 6.45) is 0. The lowest BCUT2D eigenvalue weighted by Crippen LogP contribution is -3.10. The van der Waals surface area contributed by atoms with Crippen LogP contribution in [0.4, 0.5) is 11.4 Å². The first-order chi connectivity index (χ1) is 24.7. The first-order valence-corrected chi connectivity index (χ1v) is 23.7. The lowest BCUT2D eigenvalue weighted by Gasteiger charge is -2.73. The van der Waals surface area contributed by atoms with E-state index < -0.39 is 15.5 Å². The molecule has 1 aliphatic rings. The quantitative estimate of drug-likeness (QED) is 0.159. The third-order valence-electron chi connectivity index (χ3n) is 11.5. The van der Waals surface area contributed by atoms with Gasteiger partial charge in [0, 0.05) is 11.4 Å². The Hall–Kier alpha value is -4.65. The van der Waals surface area contributed by atoms with Crippen LogP contribution in [0.5, 0.6) is 0 Å². The maximum absolute atomic E-state index is 3.16. The minimum atomic E-state index is -3.16. The largest absolute Gasteiger partial charge is 0.310 e. The van der Waals surface area contributed by atoms with E-state index >= 15 is 0 Å². The number of para-hydroxylation sites is 2. The summed E-state index contributed by atoms with van der Waals surface area (Å²) in [6.45, 7) is 28.3. The number of aryl methyl sites for hydroxylation is 12. The number of benzene rings is 6. The van der Waals surface area contributed by atoms with Crippen molar-refractivity contribution in [3.63, 3.8) is 0 Å². The molecule has 1 aliphatic heterocycles. The van der Waals surface area contributed by atoms with Crippen molar-refractivity contribution in [2.75, 3.05) is 9.35 Å². The zero-order chi connectivity index (χ0) is 37.3. The van der Waals surface area contributed by atoms with Crippen LogP contribution in [0.3, 0.4) is 0 Å². The van der Waals surface area contributed by atoms with Crippen LogP contribution >= 0.6 is 0 Å². The molecule has 1 saturated heterocycles. The van der Waals surface area contributed by atoms with Crippen LogP contribution in [-0.2, 0) is 0 Å². The molecule has 0 aromatic heterocycles. The molecular weight excluding hydrogens is 661 g/mol. The molecule has 0 unspecified atom stereocenters. The number of nitrogens with zero attached hydrogens (tertiary/aromatic N) is 2. The van der Waals surface area contributed by atoms with Crippen molar-refractivity contribution in [3.8, 4) is 0 Å². The Morgan fingerprint density at radius 3 is 0.673 bits per heavy atom. The maximum atomic E-state index is 2.88. The highest BCUT2D eigenvalue weighted by molar-refractivity contribution is 7.66. The van der Waals surface area contributed by atoms with Gasteiger partial charge in [-0.25, -0.2) is 0 Å². The monoisotopic (exact) mass is 714 g/mol. The average molecular weight is 715 g/mol. The second kappa shape index (κ2) is 13.1. The van der Waals surface area contributed by atoms with Crippen molar-refractivity contribution in [3.05, 3.63) is 176 Å². The van der Waals surface area contributed by atoms with E-state index in [0.717, 1.165) is 0 Å². The molecule has 4 heteroatoms. The van der Waals surface area contributed by atoms with Crippen LogP contribution in [0, 0.1) is 83.1 Å². The van der Waals surface area contributed by atoms with Gasteiger partial charge in [-0.2, -0.15) is 0 Å². The van der Waals surface area contributed by atoms with Crippen LogP contribution in [0.2, 0.25) is 0 Å². The fourth-order valence-electron chi connectivity index (χ4n) is 10.7. The van der Waals surface area contributed by atoms with Gasteiger partial charge in [0.15, 0.2) is 0 Å². The van der Waals surface area contributed by atoms with Crippen LogP contribution in [0.1, 0.15) is 66.8 Å². The highest BCUT2D eigenvalue weighted by Crippen LogP contribution is 2.48. The van der Waals surface area contributed by atoms with Gasteiger partial charge in [-0.3, -0.25) is 0 Å². The van der Waals surface area contributed by atoms with E-state index in [9.17, 15) is 0 Å². The van der Waals surface area contributed by atoms with Crippen molar-refractivity contribution in [2.45, 2.75) is 83.1 Å². The smallest absolute Gasteiger partial charge is 0.267 e. The molecule has 7 rings (SSSR count). The Bertz CT molecular complexity index is 1970. The third-order valence-corrected chi connectivity index (χ3v) is 28.4. The fourth-order valence-corrected chi connectivity index (χ4v) is 33.7. The molecule has 0 aliphatic carbocycles. The van der Waals surface area contributed by atoms with Crippen LogP contribution in [0.25, 0.3) is 0 Å². The Morgan fingerprint density at radius 1 is 0.288 bits per heavy atom. The van der Waals surface area contributed by atoms with Crippen molar-refractivity contribution >= 4 is 47.6 Å². The normalized spacial score (nSPS) is 14.8. The highest BCUT2D eigenvalue weighted by Gasteiger charge is 2.80. The minimum absolute atomic E-state index is 1.25. The third kappa shape index (κ3) is 5.09. The van der Waals surface area contributed by atoms with Gasteiger partial charge in [-0.15, -0.1) is 0 Å². The van der Waals surface area contributed by atoms with Gasteiger partial charge in [0.05, 0.1) is 0 Å². The molecule has 6 aromatic carbocycles. The lowest BCUT2D eigenvalue weighted by atomic mass is 10.1. The first kappa shape index (κ1) is 35.7. The summed E-state index contributed by atoms with van der Waals surface area (Å²) in [6, 6.07) is 42.4.